The SMILES string of the molecule is CO[C@@H](CC[C@@H](OC)C(=O)N1CCCC1C(=O)OCc1ccccc1)C(=O)N1CCCC1C(=O)OCc1ccccc1. The molecule has 10 nitrogen and oxygen atoms in total. The van der Waals surface area contributed by atoms with Gasteiger partial charge in [0.2, 0.25) is 0 Å². The van der Waals surface area contributed by atoms with Gasteiger partial charge in [0.05, 0.1) is 0 Å². The number of carbonyl (C=O) groups is 4. The number of hydrogen-bond donors (Lipinski definition) is 0. The normalized spacial score (nSPS) is 19.8. The summed E-state index contributed by atoms with van der Waals surface area (Å²) in [6.07, 6.45) is 1.10. The van der Waals surface area contributed by atoms with Crippen LogP contribution >= 0.6 is 0 Å². The van der Waals surface area contributed by atoms with Crippen molar-refractivity contribution in [1.29, 1.82) is 0 Å². The van der Waals surface area contributed by atoms with E-state index in [2.05, 4.69) is 0 Å². The summed E-state index contributed by atoms with van der Waals surface area (Å²) in [5.74, 6) is -1.52. The van der Waals surface area contributed by atoms with Crippen molar-refractivity contribution in [1.82, 2.24) is 9.80 Å². The monoisotopic (exact) mass is 580 g/mol. The Morgan fingerprint density at radius 3 is 1.40 bits per heavy atom. The minimum atomic E-state index is -0.858. The number of esters is 2. The van der Waals surface area contributed by atoms with Gasteiger partial charge in [-0.25, -0.2) is 9.59 Å². The number of likely N-dealkylation sites (tertiary alicyclic amines) is 2. The molecule has 2 aromatic carbocycles. The molecule has 2 saturated heterocycles. The molecule has 2 unspecified atom stereocenters. The summed E-state index contributed by atoms with van der Waals surface area (Å²) in [5.41, 5.74) is 1.74. The summed E-state index contributed by atoms with van der Waals surface area (Å²) >= 11 is 0. The van der Waals surface area contributed by atoms with Gasteiger partial charge in [0.15, 0.2) is 0 Å². The summed E-state index contributed by atoms with van der Waals surface area (Å²) in [5, 5.41) is 0. The predicted octanol–water partition coefficient (Wildman–Crippen LogP) is 3.27. The van der Waals surface area contributed by atoms with E-state index in [1.807, 2.05) is 60.7 Å². The Balaban J connectivity index is 1.30. The Labute approximate surface area is 246 Å². The van der Waals surface area contributed by atoms with Gasteiger partial charge in [-0.05, 0) is 49.7 Å². The van der Waals surface area contributed by atoms with Crippen molar-refractivity contribution in [2.24, 2.45) is 0 Å². The van der Waals surface area contributed by atoms with Crippen LogP contribution in [0.15, 0.2) is 60.7 Å². The second kappa shape index (κ2) is 15.5. The van der Waals surface area contributed by atoms with Crippen LogP contribution in [0.4, 0.5) is 0 Å². The van der Waals surface area contributed by atoms with Crippen molar-refractivity contribution < 1.29 is 38.1 Å². The molecular weight excluding hydrogens is 540 g/mol. The fourth-order valence-corrected chi connectivity index (χ4v) is 5.56. The molecule has 10 heteroatoms. The zero-order valence-corrected chi connectivity index (χ0v) is 24.3. The van der Waals surface area contributed by atoms with Gasteiger partial charge in [-0.1, -0.05) is 60.7 Å². The van der Waals surface area contributed by atoms with Crippen molar-refractivity contribution in [3.63, 3.8) is 0 Å². The minimum Gasteiger partial charge on any atom is -0.459 e. The van der Waals surface area contributed by atoms with Crippen LogP contribution in [0, 0.1) is 0 Å². The van der Waals surface area contributed by atoms with Crippen LogP contribution in [0.5, 0.6) is 0 Å². The zero-order valence-electron chi connectivity index (χ0n) is 24.3. The number of nitrogens with zero attached hydrogens (tertiary/aromatic N) is 2. The summed E-state index contributed by atoms with van der Waals surface area (Å²) in [7, 11) is 2.87. The van der Waals surface area contributed by atoms with Crippen molar-refractivity contribution >= 4 is 23.8 Å². The molecular formula is C32H40N2O8. The smallest absolute Gasteiger partial charge is 0.329 e. The van der Waals surface area contributed by atoms with Gasteiger partial charge in [0.25, 0.3) is 11.8 Å². The molecule has 42 heavy (non-hydrogen) atoms. The molecule has 4 atom stereocenters. The number of carbonyl (C=O) groups excluding carboxylic acids is 4. The van der Waals surface area contributed by atoms with Crippen molar-refractivity contribution in [3.05, 3.63) is 71.8 Å². The van der Waals surface area contributed by atoms with Crippen LogP contribution in [0.3, 0.4) is 0 Å². The van der Waals surface area contributed by atoms with Gasteiger partial charge in [0, 0.05) is 27.3 Å². The molecule has 0 aliphatic carbocycles. The quantitative estimate of drug-likeness (QED) is 0.332. The first-order chi connectivity index (χ1) is 20.4. The predicted molar refractivity (Wildman–Crippen MR) is 153 cm³/mol. The summed E-state index contributed by atoms with van der Waals surface area (Å²) in [6, 6.07) is 17.4. The molecule has 0 spiro atoms. The summed E-state index contributed by atoms with van der Waals surface area (Å²) < 4.78 is 22.0. The summed E-state index contributed by atoms with van der Waals surface area (Å²) in [4.78, 5) is 55.6. The average molecular weight is 581 g/mol. The Hall–Kier alpha value is -3.76. The molecule has 0 radical (unpaired) electrons. The molecule has 2 amide bonds. The van der Waals surface area contributed by atoms with E-state index in [0.29, 0.717) is 38.8 Å². The van der Waals surface area contributed by atoms with Crippen LogP contribution in [-0.4, -0.2) is 85.2 Å². The molecule has 2 aliphatic heterocycles. The number of hydrogen-bond acceptors (Lipinski definition) is 8. The highest BCUT2D eigenvalue weighted by Crippen LogP contribution is 2.25. The number of ether oxygens (including phenoxy) is 4. The van der Waals surface area contributed by atoms with E-state index in [1.165, 1.54) is 24.0 Å². The first-order valence-corrected chi connectivity index (χ1v) is 14.5. The van der Waals surface area contributed by atoms with Crippen LogP contribution in [0.1, 0.15) is 49.7 Å². The van der Waals surface area contributed by atoms with E-state index in [4.69, 9.17) is 18.9 Å². The molecule has 0 saturated carbocycles. The second-order valence-corrected chi connectivity index (χ2v) is 10.6. The Morgan fingerprint density at radius 2 is 1.05 bits per heavy atom. The third kappa shape index (κ3) is 7.95. The largest absolute Gasteiger partial charge is 0.459 e. The fourth-order valence-electron chi connectivity index (χ4n) is 5.56. The van der Waals surface area contributed by atoms with Crippen LogP contribution in [-0.2, 0) is 51.3 Å². The number of amides is 2. The molecule has 0 N–H and O–H groups in total. The van der Waals surface area contributed by atoms with Crippen molar-refractivity contribution in [2.45, 2.75) is 76.0 Å². The maximum absolute atomic E-state index is 13.4. The van der Waals surface area contributed by atoms with E-state index in [0.717, 1.165) is 11.1 Å². The zero-order chi connectivity index (χ0) is 29.9. The van der Waals surface area contributed by atoms with Gasteiger partial charge in [-0.3, -0.25) is 9.59 Å². The topological polar surface area (TPSA) is 112 Å². The standard InChI is InChI=1S/C32H40N2O8/c1-39-27(29(35)33-19-9-15-25(33)31(37)41-21-23-11-5-3-6-12-23)17-18-28(40-2)30(36)34-20-10-16-26(34)32(38)42-22-24-13-7-4-8-14-24/h3-8,11-14,25-28H,9-10,15-22H2,1-2H3/t25?,26?,27-,28+. The van der Waals surface area contributed by atoms with E-state index >= 15 is 0 Å². The highest BCUT2D eigenvalue weighted by atomic mass is 16.5. The van der Waals surface area contributed by atoms with Gasteiger partial charge in [-0.2, -0.15) is 0 Å². The van der Waals surface area contributed by atoms with Gasteiger partial charge in [-0.15, -0.1) is 0 Å². The third-order valence-corrected chi connectivity index (χ3v) is 7.87. The fraction of sp³-hybridized carbons (Fsp3) is 0.500. The third-order valence-electron chi connectivity index (χ3n) is 7.87. The first-order valence-electron chi connectivity index (χ1n) is 14.5. The highest BCUT2D eigenvalue weighted by molar-refractivity contribution is 5.89. The lowest BCUT2D eigenvalue weighted by Gasteiger charge is -2.29. The van der Waals surface area contributed by atoms with Crippen LogP contribution < -0.4 is 0 Å². The van der Waals surface area contributed by atoms with E-state index in [9.17, 15) is 19.2 Å². The summed E-state index contributed by atoms with van der Waals surface area (Å²) in [6.45, 7) is 1.13. The van der Waals surface area contributed by atoms with Crippen LogP contribution in [0.25, 0.3) is 0 Å². The Morgan fingerprint density at radius 1 is 0.667 bits per heavy atom. The molecule has 226 valence electrons. The maximum atomic E-state index is 13.4. The highest BCUT2D eigenvalue weighted by Gasteiger charge is 2.41. The first kappa shape index (κ1) is 31.2. The molecule has 0 bridgehead atoms. The molecule has 2 aromatic rings. The van der Waals surface area contributed by atoms with E-state index < -0.39 is 36.2 Å². The van der Waals surface area contributed by atoms with E-state index in [1.54, 1.807) is 0 Å². The van der Waals surface area contributed by atoms with Gasteiger partial charge < -0.3 is 28.7 Å². The molecule has 4 rings (SSSR count). The molecule has 0 aromatic heterocycles. The average Bonchev–Trinajstić information content (AvgIpc) is 3.72. The molecule has 2 heterocycles. The van der Waals surface area contributed by atoms with Crippen LogP contribution in [0.2, 0.25) is 0 Å². The number of rotatable bonds is 13. The second-order valence-electron chi connectivity index (χ2n) is 10.6. The van der Waals surface area contributed by atoms with Gasteiger partial charge in [0.1, 0.15) is 37.5 Å². The lowest BCUT2D eigenvalue weighted by molar-refractivity contribution is -0.159. The lowest BCUT2D eigenvalue weighted by atomic mass is 10.1. The minimum absolute atomic E-state index is 0.140. The van der Waals surface area contributed by atoms with Crippen molar-refractivity contribution in [2.75, 3.05) is 27.3 Å². The number of methoxy groups -OCH3 is 2. The Bertz CT molecular complexity index is 1100. The molecule has 2 fully saturated rings. The van der Waals surface area contributed by atoms with Gasteiger partial charge >= 0.3 is 11.9 Å². The maximum Gasteiger partial charge on any atom is 0.329 e. The van der Waals surface area contributed by atoms with Crippen molar-refractivity contribution in [3.8, 4) is 0 Å². The van der Waals surface area contributed by atoms with E-state index in [-0.39, 0.29) is 37.9 Å². The Kier molecular flexibility index (Phi) is 11.5. The molecule has 2 aliphatic rings. The number of benzene rings is 2. The lowest BCUT2D eigenvalue weighted by Crippen LogP contribution is -2.48.